The Kier molecular flexibility index (Phi) is 5.40. The molecule has 2 N–H and O–H groups in total. The number of likely N-dealkylation sites (N-methyl/N-ethyl adjacent to an activating group) is 1. The van der Waals surface area contributed by atoms with Gasteiger partial charge in [-0.25, -0.2) is 4.79 Å². The minimum Gasteiger partial charge on any atom is -0.481 e. The van der Waals surface area contributed by atoms with Gasteiger partial charge < -0.3 is 20.2 Å². The van der Waals surface area contributed by atoms with Gasteiger partial charge in [0.05, 0.1) is 5.92 Å². The Balaban J connectivity index is 2.33. The molecule has 2 atom stereocenters. The summed E-state index contributed by atoms with van der Waals surface area (Å²) in [7, 11) is 1.99. The second kappa shape index (κ2) is 6.58. The van der Waals surface area contributed by atoms with Crippen LogP contribution in [0.5, 0.6) is 0 Å². The Morgan fingerprint density at radius 1 is 1.44 bits per heavy atom. The topological polar surface area (TPSA) is 72.9 Å². The Morgan fingerprint density at radius 3 is 2.61 bits per heavy atom. The Labute approximate surface area is 108 Å². The number of carboxylic acid groups (broad SMARTS) is 1. The highest BCUT2D eigenvalue weighted by atomic mass is 16.4. The summed E-state index contributed by atoms with van der Waals surface area (Å²) in [5.41, 5.74) is 0. The summed E-state index contributed by atoms with van der Waals surface area (Å²) in [5, 5.41) is 11.8. The van der Waals surface area contributed by atoms with Crippen LogP contribution in [0.15, 0.2) is 0 Å². The summed E-state index contributed by atoms with van der Waals surface area (Å²) >= 11 is 0. The van der Waals surface area contributed by atoms with Gasteiger partial charge in [-0.2, -0.15) is 0 Å². The van der Waals surface area contributed by atoms with Crippen molar-refractivity contribution < 1.29 is 14.7 Å². The van der Waals surface area contributed by atoms with E-state index in [1.807, 2.05) is 14.0 Å². The van der Waals surface area contributed by atoms with Crippen LogP contribution in [-0.2, 0) is 4.79 Å². The quantitative estimate of drug-likeness (QED) is 0.743. The van der Waals surface area contributed by atoms with Crippen LogP contribution < -0.4 is 5.32 Å². The molecule has 18 heavy (non-hydrogen) atoms. The molecule has 0 aromatic carbocycles. The lowest BCUT2D eigenvalue weighted by molar-refractivity contribution is -0.142. The minimum atomic E-state index is -0.816. The van der Waals surface area contributed by atoms with Gasteiger partial charge in [-0.05, 0) is 19.5 Å². The lowest BCUT2D eigenvalue weighted by atomic mass is 9.99. The third-order valence-corrected chi connectivity index (χ3v) is 3.53. The number of nitrogens with one attached hydrogen (secondary N) is 1. The maximum atomic E-state index is 11.8. The van der Waals surface area contributed by atoms with Gasteiger partial charge in [0.15, 0.2) is 0 Å². The van der Waals surface area contributed by atoms with E-state index in [4.69, 9.17) is 5.11 Å². The van der Waals surface area contributed by atoms with E-state index >= 15 is 0 Å². The number of nitrogens with zero attached hydrogens (tertiary/aromatic N) is 2. The van der Waals surface area contributed by atoms with Crippen LogP contribution in [-0.4, -0.2) is 66.7 Å². The van der Waals surface area contributed by atoms with Crippen LogP contribution in [0.4, 0.5) is 4.79 Å². The van der Waals surface area contributed by atoms with Crippen molar-refractivity contribution in [2.45, 2.75) is 13.8 Å². The summed E-state index contributed by atoms with van der Waals surface area (Å²) in [6.07, 6.45) is 0. The van der Waals surface area contributed by atoms with Gasteiger partial charge in [0.2, 0.25) is 0 Å². The molecule has 1 aliphatic heterocycles. The molecular formula is C12H23N3O3. The molecule has 6 heteroatoms. The summed E-state index contributed by atoms with van der Waals surface area (Å²) < 4.78 is 0. The van der Waals surface area contributed by atoms with Crippen molar-refractivity contribution in [2.75, 3.05) is 39.8 Å². The number of carboxylic acids is 1. The number of amides is 2. The zero-order chi connectivity index (χ0) is 13.7. The van der Waals surface area contributed by atoms with E-state index in [0.717, 1.165) is 13.1 Å². The van der Waals surface area contributed by atoms with Crippen molar-refractivity contribution in [1.82, 2.24) is 15.1 Å². The standard InChI is InChI=1S/C12H23N3O3/c1-4-14(3)6-5-13-12(18)15-7-9(2)10(8-15)11(16)17/h9-10H,4-8H2,1-3H3,(H,13,18)(H,16,17). The van der Waals surface area contributed by atoms with Crippen LogP contribution in [0.25, 0.3) is 0 Å². The Bertz CT molecular complexity index is 309. The number of hydrogen-bond donors (Lipinski definition) is 2. The number of rotatable bonds is 5. The van der Waals surface area contributed by atoms with Crippen molar-refractivity contribution in [2.24, 2.45) is 11.8 Å². The lowest BCUT2D eigenvalue weighted by Crippen LogP contribution is -2.42. The van der Waals surface area contributed by atoms with Gasteiger partial charge in [-0.1, -0.05) is 13.8 Å². The number of aliphatic carboxylic acids is 1. The first kappa shape index (κ1) is 14.8. The zero-order valence-electron chi connectivity index (χ0n) is 11.3. The second-order valence-corrected chi connectivity index (χ2v) is 4.95. The average Bonchev–Trinajstić information content (AvgIpc) is 2.71. The van der Waals surface area contributed by atoms with Crippen molar-refractivity contribution in [1.29, 1.82) is 0 Å². The van der Waals surface area contributed by atoms with Crippen LogP contribution >= 0.6 is 0 Å². The summed E-state index contributed by atoms with van der Waals surface area (Å²) in [5.74, 6) is -1.23. The molecular weight excluding hydrogens is 234 g/mol. The van der Waals surface area contributed by atoms with Crippen molar-refractivity contribution >= 4 is 12.0 Å². The summed E-state index contributed by atoms with van der Waals surface area (Å²) in [6.45, 7) is 7.09. The maximum absolute atomic E-state index is 11.8. The van der Waals surface area contributed by atoms with E-state index in [2.05, 4.69) is 17.1 Å². The maximum Gasteiger partial charge on any atom is 0.317 e. The molecule has 6 nitrogen and oxygen atoms in total. The molecule has 0 saturated carbocycles. The molecule has 0 spiro atoms. The number of urea groups is 1. The SMILES string of the molecule is CCN(C)CCNC(=O)N1CC(C)C(C(=O)O)C1. The fourth-order valence-corrected chi connectivity index (χ4v) is 2.08. The minimum absolute atomic E-state index is 0.0200. The highest BCUT2D eigenvalue weighted by Gasteiger charge is 2.36. The Hall–Kier alpha value is -1.30. The molecule has 1 heterocycles. The van der Waals surface area contributed by atoms with Gasteiger partial charge in [-0.15, -0.1) is 0 Å². The third-order valence-electron chi connectivity index (χ3n) is 3.53. The lowest BCUT2D eigenvalue weighted by Gasteiger charge is -2.19. The molecule has 1 fully saturated rings. The van der Waals surface area contributed by atoms with Gasteiger partial charge in [0.1, 0.15) is 0 Å². The number of carbonyl (C=O) groups excluding carboxylic acids is 1. The first-order chi connectivity index (χ1) is 8.45. The van der Waals surface area contributed by atoms with Gasteiger partial charge in [0.25, 0.3) is 0 Å². The summed E-state index contributed by atoms with van der Waals surface area (Å²) in [6, 6.07) is -0.157. The first-order valence-electron chi connectivity index (χ1n) is 6.39. The molecule has 104 valence electrons. The molecule has 1 rings (SSSR count). The molecule has 1 saturated heterocycles. The molecule has 2 unspecified atom stereocenters. The largest absolute Gasteiger partial charge is 0.481 e. The zero-order valence-corrected chi connectivity index (χ0v) is 11.3. The average molecular weight is 257 g/mol. The highest BCUT2D eigenvalue weighted by Crippen LogP contribution is 2.22. The fraction of sp³-hybridized carbons (Fsp3) is 0.833. The van der Waals surface area contributed by atoms with Gasteiger partial charge in [0, 0.05) is 26.2 Å². The third kappa shape index (κ3) is 3.87. The Morgan fingerprint density at radius 2 is 2.11 bits per heavy atom. The molecule has 0 aromatic rings. The van der Waals surface area contributed by atoms with E-state index in [1.54, 1.807) is 4.90 Å². The molecule has 0 aliphatic carbocycles. The van der Waals surface area contributed by atoms with Crippen LogP contribution in [0.1, 0.15) is 13.8 Å². The van der Waals surface area contributed by atoms with Gasteiger partial charge >= 0.3 is 12.0 Å². The van der Waals surface area contributed by atoms with E-state index < -0.39 is 11.9 Å². The molecule has 1 aliphatic rings. The fourth-order valence-electron chi connectivity index (χ4n) is 2.08. The monoisotopic (exact) mass is 257 g/mol. The molecule has 0 aromatic heterocycles. The van der Waals surface area contributed by atoms with E-state index in [9.17, 15) is 9.59 Å². The van der Waals surface area contributed by atoms with Crippen LogP contribution in [0.2, 0.25) is 0 Å². The predicted molar refractivity (Wildman–Crippen MR) is 68.4 cm³/mol. The molecule has 0 radical (unpaired) electrons. The number of carbonyl (C=O) groups is 2. The smallest absolute Gasteiger partial charge is 0.317 e. The van der Waals surface area contributed by atoms with Crippen molar-refractivity contribution in [3.05, 3.63) is 0 Å². The highest BCUT2D eigenvalue weighted by molar-refractivity contribution is 5.77. The number of likely N-dealkylation sites (tertiary alicyclic amines) is 1. The normalized spacial score (nSPS) is 23.4. The van der Waals surface area contributed by atoms with E-state index in [-0.39, 0.29) is 11.9 Å². The van der Waals surface area contributed by atoms with Crippen molar-refractivity contribution in [3.8, 4) is 0 Å². The van der Waals surface area contributed by atoms with Gasteiger partial charge in [-0.3, -0.25) is 4.79 Å². The van der Waals surface area contributed by atoms with Crippen molar-refractivity contribution in [3.63, 3.8) is 0 Å². The van der Waals surface area contributed by atoms with E-state index in [0.29, 0.717) is 19.6 Å². The molecule has 2 amide bonds. The van der Waals surface area contributed by atoms with Crippen LogP contribution in [0.3, 0.4) is 0 Å². The van der Waals surface area contributed by atoms with E-state index in [1.165, 1.54) is 0 Å². The predicted octanol–water partition coefficient (Wildman–Crippen LogP) is 0.300. The summed E-state index contributed by atoms with van der Waals surface area (Å²) in [4.78, 5) is 26.5. The first-order valence-corrected chi connectivity index (χ1v) is 6.39. The second-order valence-electron chi connectivity index (χ2n) is 4.95. The molecule has 0 bridgehead atoms. The number of hydrogen-bond acceptors (Lipinski definition) is 3. The van der Waals surface area contributed by atoms with Crippen LogP contribution in [0, 0.1) is 11.8 Å².